The third-order valence-corrected chi connectivity index (χ3v) is 7.55. The van der Waals surface area contributed by atoms with Crippen molar-refractivity contribution in [3.8, 4) is 5.75 Å². The number of aromatic hydroxyl groups is 1. The zero-order chi connectivity index (χ0) is 34.2. The smallest absolute Gasteiger partial charge is 0.243 e. The van der Waals surface area contributed by atoms with Crippen LogP contribution < -0.4 is 44.6 Å². The maximum atomic E-state index is 13.9. The van der Waals surface area contributed by atoms with Crippen LogP contribution >= 0.6 is 0 Å². The third-order valence-electron chi connectivity index (χ3n) is 7.55. The van der Waals surface area contributed by atoms with Crippen LogP contribution in [0.4, 0.5) is 0 Å². The second-order valence-corrected chi connectivity index (χ2v) is 11.4. The second-order valence-electron chi connectivity index (χ2n) is 11.4. The molecule has 0 fully saturated rings. The molecule has 0 spiro atoms. The number of phenolic OH excluding ortho intramolecular Hbond substituents is 1. The molecule has 14 heteroatoms. The lowest BCUT2D eigenvalue weighted by Crippen LogP contribution is -2.58. The van der Waals surface area contributed by atoms with Crippen molar-refractivity contribution in [1.82, 2.24) is 16.0 Å². The number of carbonyl (C=O) groups excluding carboxylic acids is 4. The Kier molecular flexibility index (Phi) is 15.5. The van der Waals surface area contributed by atoms with E-state index in [4.69, 9.17) is 28.7 Å². The summed E-state index contributed by atoms with van der Waals surface area (Å²) in [5.74, 6) is -2.60. The standard InChI is InChI=1S/C32H49N9O5/c1-19-15-22(42)16-20(2)23(19)18-27(41-29(44)24(34)11-6-7-13-33)31(46)39-25(12-8-14-38-32(36)37)30(45)40-26(28(35)43)17-21-9-4-3-5-10-21/h3-5,9-10,15-16,24-27,42H,6-8,11-14,17-18,33-34H2,1-2H3,(H2,35,43)(H,39,46)(H,40,45)(H,41,44)(H4,36,37,38)/t24-,25-,26-,27-/m0/s1. The van der Waals surface area contributed by atoms with Crippen LogP contribution in [0.15, 0.2) is 47.5 Å². The van der Waals surface area contributed by atoms with Crippen LogP contribution in [-0.4, -0.2) is 72.0 Å². The molecular formula is C32H49N9O5. The van der Waals surface area contributed by atoms with Crippen molar-refractivity contribution in [3.63, 3.8) is 0 Å². The SMILES string of the molecule is Cc1cc(O)cc(C)c1C[C@H](NC(=O)[C@@H](N)CCCCN)C(=O)N[C@@H](CCCN=C(N)N)C(=O)N[C@@H](Cc1ccccc1)C(N)=O. The number of hydrogen-bond donors (Lipinski definition) is 9. The van der Waals surface area contributed by atoms with Crippen LogP contribution in [0.5, 0.6) is 5.75 Å². The molecule has 0 heterocycles. The Bertz CT molecular complexity index is 1330. The molecule has 14 N–H and O–H groups in total. The van der Waals surface area contributed by atoms with Crippen molar-refractivity contribution in [2.24, 2.45) is 33.7 Å². The maximum Gasteiger partial charge on any atom is 0.243 e. The summed E-state index contributed by atoms with van der Waals surface area (Å²) >= 11 is 0. The Hall–Kier alpha value is -4.69. The molecule has 2 aromatic rings. The minimum absolute atomic E-state index is 0.0608. The van der Waals surface area contributed by atoms with Gasteiger partial charge in [0.05, 0.1) is 6.04 Å². The number of aryl methyl sites for hydroxylation is 2. The van der Waals surface area contributed by atoms with Gasteiger partial charge in [-0.15, -0.1) is 0 Å². The normalized spacial score (nSPS) is 13.5. The lowest BCUT2D eigenvalue weighted by molar-refractivity contribution is -0.133. The van der Waals surface area contributed by atoms with Gasteiger partial charge >= 0.3 is 0 Å². The molecule has 0 aliphatic rings. The molecule has 2 aromatic carbocycles. The van der Waals surface area contributed by atoms with Crippen LogP contribution in [-0.2, 0) is 32.0 Å². The van der Waals surface area contributed by atoms with Crippen LogP contribution in [0.3, 0.4) is 0 Å². The topological polar surface area (TPSA) is 267 Å². The van der Waals surface area contributed by atoms with Gasteiger partial charge in [-0.2, -0.15) is 0 Å². The summed E-state index contributed by atoms with van der Waals surface area (Å²) in [6.07, 6.45) is 2.35. The molecule has 0 saturated carbocycles. The number of carbonyl (C=O) groups is 4. The van der Waals surface area contributed by atoms with Gasteiger partial charge < -0.3 is 49.7 Å². The van der Waals surface area contributed by atoms with Gasteiger partial charge in [0.25, 0.3) is 0 Å². The van der Waals surface area contributed by atoms with Gasteiger partial charge in [0, 0.05) is 19.4 Å². The summed E-state index contributed by atoms with van der Waals surface area (Å²) in [5, 5.41) is 18.2. The molecule has 14 nitrogen and oxygen atoms in total. The number of guanidine groups is 1. The Balaban J connectivity index is 2.34. The molecule has 46 heavy (non-hydrogen) atoms. The van der Waals surface area contributed by atoms with E-state index in [-0.39, 0.29) is 37.5 Å². The monoisotopic (exact) mass is 639 g/mol. The third kappa shape index (κ3) is 12.7. The fourth-order valence-electron chi connectivity index (χ4n) is 5.01. The van der Waals surface area contributed by atoms with Crippen molar-refractivity contribution < 1.29 is 24.3 Å². The molecule has 4 amide bonds. The van der Waals surface area contributed by atoms with E-state index < -0.39 is 47.8 Å². The number of nitrogens with zero attached hydrogens (tertiary/aromatic N) is 1. The lowest BCUT2D eigenvalue weighted by atomic mass is 9.95. The van der Waals surface area contributed by atoms with Crippen LogP contribution in [0.25, 0.3) is 0 Å². The Morgan fingerprint density at radius 3 is 1.96 bits per heavy atom. The predicted molar refractivity (Wildman–Crippen MR) is 177 cm³/mol. The number of unbranched alkanes of at least 4 members (excludes halogenated alkanes) is 1. The Morgan fingerprint density at radius 2 is 1.37 bits per heavy atom. The summed E-state index contributed by atoms with van der Waals surface area (Å²) in [6, 6.07) is 7.99. The zero-order valence-electron chi connectivity index (χ0n) is 26.6. The molecule has 0 unspecified atom stereocenters. The molecule has 4 atom stereocenters. The molecule has 0 bridgehead atoms. The van der Waals surface area contributed by atoms with E-state index in [2.05, 4.69) is 20.9 Å². The number of phenols is 1. The first-order valence-corrected chi connectivity index (χ1v) is 15.4. The van der Waals surface area contributed by atoms with Gasteiger partial charge in [-0.25, -0.2) is 0 Å². The van der Waals surface area contributed by atoms with Gasteiger partial charge in [-0.1, -0.05) is 36.8 Å². The van der Waals surface area contributed by atoms with Crippen LogP contribution in [0.1, 0.15) is 54.4 Å². The number of nitrogens with two attached hydrogens (primary N) is 5. The summed E-state index contributed by atoms with van der Waals surface area (Å²) in [6.45, 7) is 4.23. The molecule has 0 aliphatic heterocycles. The van der Waals surface area contributed by atoms with Crippen molar-refractivity contribution in [1.29, 1.82) is 0 Å². The van der Waals surface area contributed by atoms with E-state index in [1.165, 1.54) is 0 Å². The lowest BCUT2D eigenvalue weighted by Gasteiger charge is -2.26. The highest BCUT2D eigenvalue weighted by molar-refractivity contribution is 5.94. The van der Waals surface area contributed by atoms with E-state index in [0.717, 1.165) is 11.1 Å². The van der Waals surface area contributed by atoms with E-state index in [9.17, 15) is 24.3 Å². The highest BCUT2D eigenvalue weighted by atomic mass is 16.3. The second kappa shape index (κ2) is 19.0. The quantitative estimate of drug-likeness (QED) is 0.0530. The minimum atomic E-state index is -1.13. The van der Waals surface area contributed by atoms with Gasteiger partial charge in [-0.3, -0.25) is 24.2 Å². The van der Waals surface area contributed by atoms with E-state index in [1.807, 2.05) is 6.07 Å². The number of nitrogens with one attached hydrogen (secondary N) is 3. The Morgan fingerprint density at radius 1 is 0.783 bits per heavy atom. The van der Waals surface area contributed by atoms with E-state index in [1.54, 1.807) is 50.2 Å². The zero-order valence-corrected chi connectivity index (χ0v) is 26.6. The van der Waals surface area contributed by atoms with E-state index in [0.29, 0.717) is 43.4 Å². The number of primary amides is 1. The molecule has 252 valence electrons. The van der Waals surface area contributed by atoms with Crippen molar-refractivity contribution in [3.05, 3.63) is 64.7 Å². The molecular weight excluding hydrogens is 590 g/mol. The van der Waals surface area contributed by atoms with Crippen LogP contribution in [0.2, 0.25) is 0 Å². The number of amides is 4. The number of benzene rings is 2. The summed E-state index contributed by atoms with van der Waals surface area (Å²) in [7, 11) is 0. The molecule has 0 aromatic heterocycles. The summed E-state index contributed by atoms with van der Waals surface area (Å²) in [5.41, 5.74) is 31.1. The molecule has 0 aliphatic carbocycles. The van der Waals surface area contributed by atoms with Crippen molar-refractivity contribution in [2.45, 2.75) is 83.0 Å². The van der Waals surface area contributed by atoms with Gasteiger partial charge in [0.2, 0.25) is 23.6 Å². The molecule has 0 saturated heterocycles. The van der Waals surface area contributed by atoms with E-state index >= 15 is 0 Å². The first-order chi connectivity index (χ1) is 21.8. The first kappa shape index (κ1) is 37.5. The van der Waals surface area contributed by atoms with Gasteiger partial charge in [0.15, 0.2) is 5.96 Å². The number of rotatable bonds is 19. The summed E-state index contributed by atoms with van der Waals surface area (Å²) < 4.78 is 0. The van der Waals surface area contributed by atoms with Gasteiger partial charge in [-0.05, 0) is 80.5 Å². The van der Waals surface area contributed by atoms with Crippen LogP contribution in [0, 0.1) is 13.8 Å². The average molecular weight is 640 g/mol. The Labute approximate surface area is 269 Å². The average Bonchev–Trinajstić information content (AvgIpc) is 2.99. The predicted octanol–water partition coefficient (Wildman–Crippen LogP) is -0.756. The number of aliphatic imine (C=N–C) groups is 1. The molecule has 0 radical (unpaired) electrons. The largest absolute Gasteiger partial charge is 0.508 e. The number of hydrogen-bond acceptors (Lipinski definition) is 8. The fourth-order valence-corrected chi connectivity index (χ4v) is 5.01. The molecule has 2 rings (SSSR count). The van der Waals surface area contributed by atoms with Gasteiger partial charge in [0.1, 0.15) is 23.9 Å². The van der Waals surface area contributed by atoms with Crippen molar-refractivity contribution >= 4 is 29.6 Å². The van der Waals surface area contributed by atoms with Crippen molar-refractivity contribution in [2.75, 3.05) is 13.1 Å². The minimum Gasteiger partial charge on any atom is -0.508 e. The highest BCUT2D eigenvalue weighted by Gasteiger charge is 2.30. The highest BCUT2D eigenvalue weighted by Crippen LogP contribution is 2.22. The fraction of sp³-hybridized carbons (Fsp3) is 0.469. The first-order valence-electron chi connectivity index (χ1n) is 15.4. The summed E-state index contributed by atoms with van der Waals surface area (Å²) in [4.78, 5) is 56.7. The maximum absolute atomic E-state index is 13.9.